The molecule has 0 aromatic heterocycles. The fraction of sp³-hybridized carbons (Fsp3) is 0.0625. The van der Waals surface area contributed by atoms with Gasteiger partial charge in [0.1, 0.15) is 0 Å². The lowest BCUT2D eigenvalue weighted by Crippen LogP contribution is -2.24. The molecule has 0 saturated carbocycles. The van der Waals surface area contributed by atoms with Crippen LogP contribution in [0.3, 0.4) is 0 Å². The van der Waals surface area contributed by atoms with Crippen molar-refractivity contribution in [2.75, 3.05) is 0 Å². The molecule has 0 fully saturated rings. The molecule has 0 aliphatic carbocycles. The van der Waals surface area contributed by atoms with Gasteiger partial charge in [0.05, 0.1) is 11.6 Å². The van der Waals surface area contributed by atoms with Crippen LogP contribution in [-0.4, -0.2) is 11.1 Å². The summed E-state index contributed by atoms with van der Waals surface area (Å²) in [5, 5.41) is 12.4. The molecule has 0 spiro atoms. The van der Waals surface area contributed by atoms with Crippen molar-refractivity contribution in [1.82, 2.24) is 5.32 Å². The molecule has 0 radical (unpaired) electrons. The van der Waals surface area contributed by atoms with Crippen LogP contribution in [0.2, 0.25) is 0 Å². The zero-order valence-corrected chi connectivity index (χ0v) is 10.2. The fourth-order valence-corrected chi connectivity index (χ4v) is 2.43. The van der Waals surface area contributed by atoms with E-state index in [4.69, 9.17) is 0 Å². The van der Waals surface area contributed by atoms with Crippen LogP contribution in [0.4, 0.5) is 0 Å². The van der Waals surface area contributed by atoms with Crippen LogP contribution in [-0.2, 0) is 4.79 Å². The molecule has 0 bridgehead atoms. The lowest BCUT2D eigenvalue weighted by molar-refractivity contribution is -0.130. The van der Waals surface area contributed by atoms with E-state index in [0.717, 1.165) is 16.7 Å². The molecule has 1 aliphatic rings. The number of nitrogens with one attached hydrogen (secondary N) is 1. The number of carbonyl (C=O) groups is 1. The largest absolute Gasteiger partial charge is 0.478 e. The first kappa shape index (κ1) is 11.5. The topological polar surface area (TPSA) is 49.3 Å². The zero-order chi connectivity index (χ0) is 13.2. The Hall–Kier alpha value is -2.55. The summed E-state index contributed by atoms with van der Waals surface area (Å²) in [6.07, 6.45) is 1.59. The van der Waals surface area contributed by atoms with Crippen LogP contribution in [0.1, 0.15) is 22.7 Å². The van der Waals surface area contributed by atoms with E-state index in [-0.39, 0.29) is 6.04 Å². The smallest absolute Gasteiger partial charge is 0.337 e. The summed E-state index contributed by atoms with van der Waals surface area (Å²) >= 11 is 0. The Bertz CT molecular complexity index is 647. The fourth-order valence-electron chi connectivity index (χ4n) is 2.43. The van der Waals surface area contributed by atoms with Crippen molar-refractivity contribution in [3.8, 4) is 0 Å². The van der Waals surface area contributed by atoms with E-state index in [1.54, 1.807) is 6.20 Å². The minimum absolute atomic E-state index is 0.000463. The Kier molecular flexibility index (Phi) is 2.80. The van der Waals surface area contributed by atoms with Crippen molar-refractivity contribution in [3.63, 3.8) is 0 Å². The molecular weight excluding hydrogens is 238 g/mol. The number of aliphatic carboxylic acids is 1. The maximum Gasteiger partial charge on any atom is 0.337 e. The normalized spacial score (nSPS) is 17.1. The third kappa shape index (κ3) is 1.99. The van der Waals surface area contributed by atoms with E-state index in [9.17, 15) is 9.90 Å². The summed E-state index contributed by atoms with van der Waals surface area (Å²) < 4.78 is 0. The first-order chi connectivity index (χ1) is 9.27. The molecule has 19 heavy (non-hydrogen) atoms. The predicted octanol–water partition coefficient (Wildman–Crippen LogP) is 2.80. The van der Waals surface area contributed by atoms with Gasteiger partial charge in [-0.2, -0.15) is 0 Å². The van der Waals surface area contributed by atoms with Gasteiger partial charge >= 0.3 is 5.97 Å². The summed E-state index contributed by atoms with van der Waals surface area (Å²) in [7, 11) is 0. The highest BCUT2D eigenvalue weighted by atomic mass is 16.4. The van der Waals surface area contributed by atoms with E-state index in [2.05, 4.69) is 5.32 Å². The van der Waals surface area contributed by atoms with Crippen LogP contribution in [0.25, 0.3) is 5.57 Å². The van der Waals surface area contributed by atoms with Crippen LogP contribution < -0.4 is 5.32 Å². The Labute approximate surface area is 111 Å². The molecule has 94 valence electrons. The van der Waals surface area contributed by atoms with Crippen LogP contribution in [0.5, 0.6) is 0 Å². The van der Waals surface area contributed by atoms with Gasteiger partial charge < -0.3 is 10.4 Å². The zero-order valence-electron chi connectivity index (χ0n) is 10.2. The van der Waals surface area contributed by atoms with E-state index in [1.807, 2.05) is 54.6 Å². The molecule has 3 heteroatoms. The van der Waals surface area contributed by atoms with Gasteiger partial charge in [0.25, 0.3) is 0 Å². The SMILES string of the molecule is O=C(O)C1=CNC(c2ccccc2)c2ccccc21. The molecule has 2 aromatic rings. The first-order valence-corrected chi connectivity index (χ1v) is 6.11. The van der Waals surface area contributed by atoms with E-state index >= 15 is 0 Å². The number of benzene rings is 2. The van der Waals surface area contributed by atoms with Crippen molar-refractivity contribution in [3.05, 3.63) is 77.5 Å². The average Bonchev–Trinajstić information content (AvgIpc) is 2.47. The molecule has 0 amide bonds. The number of rotatable bonds is 2. The van der Waals surface area contributed by atoms with Crippen molar-refractivity contribution in [1.29, 1.82) is 0 Å². The number of carboxylic acids is 1. The highest BCUT2D eigenvalue weighted by Crippen LogP contribution is 2.32. The van der Waals surface area contributed by atoms with Gasteiger partial charge in [-0.3, -0.25) is 0 Å². The Balaban J connectivity index is 2.11. The Morgan fingerprint density at radius 2 is 1.68 bits per heavy atom. The molecule has 1 atom stereocenters. The van der Waals surface area contributed by atoms with Crippen molar-refractivity contribution < 1.29 is 9.90 Å². The van der Waals surface area contributed by atoms with E-state index < -0.39 is 5.97 Å². The van der Waals surface area contributed by atoms with Crippen LogP contribution >= 0.6 is 0 Å². The second-order valence-corrected chi connectivity index (χ2v) is 4.46. The molecule has 3 rings (SSSR count). The van der Waals surface area contributed by atoms with E-state index in [1.165, 1.54) is 0 Å². The van der Waals surface area contributed by atoms with Crippen LogP contribution in [0.15, 0.2) is 60.8 Å². The maximum absolute atomic E-state index is 11.3. The molecular formula is C16H13NO2. The Morgan fingerprint density at radius 3 is 2.42 bits per heavy atom. The molecule has 3 nitrogen and oxygen atoms in total. The maximum atomic E-state index is 11.3. The minimum atomic E-state index is -0.911. The summed E-state index contributed by atoms with van der Waals surface area (Å²) in [6.45, 7) is 0. The van der Waals surface area contributed by atoms with Crippen molar-refractivity contribution >= 4 is 11.5 Å². The highest BCUT2D eigenvalue weighted by molar-refractivity contribution is 6.16. The monoisotopic (exact) mass is 251 g/mol. The molecule has 0 saturated heterocycles. The third-order valence-electron chi connectivity index (χ3n) is 3.32. The number of fused-ring (bicyclic) bond motifs is 1. The summed E-state index contributed by atoms with van der Waals surface area (Å²) in [5.41, 5.74) is 3.20. The highest BCUT2D eigenvalue weighted by Gasteiger charge is 2.24. The molecule has 2 N–H and O–H groups in total. The lowest BCUT2D eigenvalue weighted by Gasteiger charge is -2.26. The minimum Gasteiger partial charge on any atom is -0.478 e. The summed E-state index contributed by atoms with van der Waals surface area (Å²) in [6, 6.07) is 17.6. The van der Waals surface area contributed by atoms with Gasteiger partial charge in [-0.1, -0.05) is 54.6 Å². The molecule has 1 aliphatic heterocycles. The number of hydrogen-bond acceptors (Lipinski definition) is 2. The second kappa shape index (κ2) is 4.61. The van der Waals surface area contributed by atoms with Crippen molar-refractivity contribution in [2.45, 2.75) is 6.04 Å². The standard InChI is InChI=1S/C16H13NO2/c18-16(19)14-10-17-15(11-6-2-1-3-7-11)13-9-5-4-8-12(13)14/h1-10,15,17H,(H,18,19). The van der Waals surface area contributed by atoms with Gasteiger partial charge in [-0.25, -0.2) is 4.79 Å². The first-order valence-electron chi connectivity index (χ1n) is 6.11. The predicted molar refractivity (Wildman–Crippen MR) is 73.5 cm³/mol. The average molecular weight is 251 g/mol. The quantitative estimate of drug-likeness (QED) is 0.862. The van der Waals surface area contributed by atoms with Gasteiger partial charge in [-0.15, -0.1) is 0 Å². The third-order valence-corrected chi connectivity index (χ3v) is 3.32. The van der Waals surface area contributed by atoms with Crippen molar-refractivity contribution in [2.24, 2.45) is 0 Å². The molecule has 2 aromatic carbocycles. The lowest BCUT2D eigenvalue weighted by atomic mass is 9.89. The van der Waals surface area contributed by atoms with Crippen LogP contribution in [0, 0.1) is 0 Å². The summed E-state index contributed by atoms with van der Waals surface area (Å²) in [4.78, 5) is 11.3. The van der Waals surface area contributed by atoms with Gasteiger partial charge in [0, 0.05) is 6.20 Å². The second-order valence-electron chi connectivity index (χ2n) is 4.46. The van der Waals surface area contributed by atoms with Gasteiger partial charge in [0.15, 0.2) is 0 Å². The Morgan fingerprint density at radius 1 is 1.00 bits per heavy atom. The molecule has 1 unspecified atom stereocenters. The van der Waals surface area contributed by atoms with Gasteiger partial charge in [0.2, 0.25) is 0 Å². The van der Waals surface area contributed by atoms with Gasteiger partial charge in [-0.05, 0) is 16.7 Å². The van der Waals surface area contributed by atoms with E-state index in [0.29, 0.717) is 5.57 Å². The number of hydrogen-bond donors (Lipinski definition) is 2. The summed E-state index contributed by atoms with van der Waals surface area (Å²) in [5.74, 6) is -0.911. The number of carboxylic acid groups (broad SMARTS) is 1. The molecule has 1 heterocycles.